The summed E-state index contributed by atoms with van der Waals surface area (Å²) in [6.45, 7) is 3.19. The number of hydrogen-bond acceptors (Lipinski definition) is 2. The second kappa shape index (κ2) is 6.85. The summed E-state index contributed by atoms with van der Waals surface area (Å²) in [6, 6.07) is 13.2. The molecular formula is C15H17IN2. The first-order valence-electron chi connectivity index (χ1n) is 6.13. The van der Waals surface area contributed by atoms with E-state index in [1.165, 1.54) is 14.7 Å². The van der Waals surface area contributed by atoms with Crippen molar-refractivity contribution >= 4 is 22.6 Å². The van der Waals surface area contributed by atoms with Crippen LogP contribution in [0.4, 0.5) is 0 Å². The molecule has 1 heterocycles. The Morgan fingerprint density at radius 1 is 1.11 bits per heavy atom. The molecule has 0 spiro atoms. The van der Waals surface area contributed by atoms with Crippen LogP contribution in [0.3, 0.4) is 0 Å². The molecule has 1 aromatic carbocycles. The largest absolute Gasteiger partial charge is 0.310 e. The fraction of sp³-hybridized carbons (Fsp3) is 0.267. The van der Waals surface area contributed by atoms with Crippen LogP contribution in [0.25, 0.3) is 0 Å². The molecule has 1 atom stereocenters. The Morgan fingerprint density at radius 3 is 2.44 bits per heavy atom. The summed E-state index contributed by atoms with van der Waals surface area (Å²) >= 11 is 2.33. The van der Waals surface area contributed by atoms with Crippen molar-refractivity contribution in [3.05, 3.63) is 63.5 Å². The van der Waals surface area contributed by atoms with Gasteiger partial charge in [-0.2, -0.15) is 0 Å². The Labute approximate surface area is 122 Å². The van der Waals surface area contributed by atoms with E-state index < -0.39 is 0 Å². The summed E-state index contributed by atoms with van der Waals surface area (Å²) in [5.74, 6) is 0. The number of benzene rings is 1. The zero-order valence-electron chi connectivity index (χ0n) is 10.4. The van der Waals surface area contributed by atoms with Gasteiger partial charge in [0.1, 0.15) is 0 Å². The van der Waals surface area contributed by atoms with Gasteiger partial charge in [0.05, 0.1) is 0 Å². The van der Waals surface area contributed by atoms with Crippen molar-refractivity contribution in [2.24, 2.45) is 0 Å². The van der Waals surface area contributed by atoms with Gasteiger partial charge in [-0.15, -0.1) is 0 Å². The maximum atomic E-state index is 4.02. The highest BCUT2D eigenvalue weighted by atomic mass is 127. The van der Waals surface area contributed by atoms with E-state index in [0.717, 1.165) is 13.0 Å². The van der Waals surface area contributed by atoms with E-state index in [2.05, 4.69) is 76.2 Å². The molecule has 0 aliphatic heterocycles. The van der Waals surface area contributed by atoms with Crippen LogP contribution < -0.4 is 5.32 Å². The molecule has 94 valence electrons. The average molecular weight is 352 g/mol. The standard InChI is InChI=1S/C15H17IN2/c1-12(14-2-4-15(16)5-3-14)18-11-8-13-6-9-17-10-7-13/h2-7,9-10,12,18H,8,11H2,1H3. The van der Waals surface area contributed by atoms with Gasteiger partial charge in [0, 0.05) is 22.0 Å². The van der Waals surface area contributed by atoms with Gasteiger partial charge in [-0.05, 0) is 77.9 Å². The van der Waals surface area contributed by atoms with Gasteiger partial charge in [-0.3, -0.25) is 4.98 Å². The summed E-state index contributed by atoms with van der Waals surface area (Å²) in [7, 11) is 0. The van der Waals surface area contributed by atoms with Crippen LogP contribution in [-0.2, 0) is 6.42 Å². The zero-order chi connectivity index (χ0) is 12.8. The molecule has 1 aromatic heterocycles. The Hall–Kier alpha value is -0.940. The molecule has 0 aliphatic carbocycles. The first-order valence-corrected chi connectivity index (χ1v) is 7.21. The molecule has 0 saturated heterocycles. The third-order valence-corrected chi connectivity index (χ3v) is 3.70. The van der Waals surface area contributed by atoms with Gasteiger partial charge < -0.3 is 5.32 Å². The number of pyridine rings is 1. The highest BCUT2D eigenvalue weighted by Gasteiger charge is 2.03. The summed E-state index contributed by atoms with van der Waals surface area (Å²) in [4.78, 5) is 4.02. The fourth-order valence-electron chi connectivity index (χ4n) is 1.85. The quantitative estimate of drug-likeness (QED) is 0.832. The number of nitrogens with one attached hydrogen (secondary N) is 1. The second-order valence-electron chi connectivity index (χ2n) is 4.33. The van der Waals surface area contributed by atoms with Crippen LogP contribution in [-0.4, -0.2) is 11.5 Å². The van der Waals surface area contributed by atoms with Crippen LogP contribution in [0.2, 0.25) is 0 Å². The average Bonchev–Trinajstić information content (AvgIpc) is 2.40. The smallest absolute Gasteiger partial charge is 0.0291 e. The Bertz CT molecular complexity index is 468. The Balaban J connectivity index is 1.81. The van der Waals surface area contributed by atoms with E-state index in [1.807, 2.05) is 12.4 Å². The first kappa shape index (κ1) is 13.5. The SMILES string of the molecule is CC(NCCc1ccncc1)c1ccc(I)cc1. The Kier molecular flexibility index (Phi) is 5.13. The van der Waals surface area contributed by atoms with Gasteiger partial charge in [0.25, 0.3) is 0 Å². The molecule has 0 aliphatic rings. The van der Waals surface area contributed by atoms with Crippen LogP contribution in [0, 0.1) is 3.57 Å². The van der Waals surface area contributed by atoms with Gasteiger partial charge in [0.2, 0.25) is 0 Å². The summed E-state index contributed by atoms with van der Waals surface area (Å²) in [6.07, 6.45) is 4.73. The molecule has 2 nitrogen and oxygen atoms in total. The molecule has 1 N–H and O–H groups in total. The molecule has 0 fully saturated rings. The normalized spacial score (nSPS) is 12.3. The van der Waals surface area contributed by atoms with E-state index in [1.54, 1.807) is 0 Å². The monoisotopic (exact) mass is 352 g/mol. The third kappa shape index (κ3) is 4.07. The highest BCUT2D eigenvalue weighted by Crippen LogP contribution is 2.14. The molecule has 18 heavy (non-hydrogen) atoms. The lowest BCUT2D eigenvalue weighted by Crippen LogP contribution is -2.21. The molecule has 2 aromatic rings. The minimum Gasteiger partial charge on any atom is -0.310 e. The second-order valence-corrected chi connectivity index (χ2v) is 5.58. The topological polar surface area (TPSA) is 24.9 Å². The summed E-state index contributed by atoms with van der Waals surface area (Å²) in [5.41, 5.74) is 2.66. The van der Waals surface area contributed by atoms with Gasteiger partial charge in [-0.25, -0.2) is 0 Å². The van der Waals surface area contributed by atoms with Crippen LogP contribution in [0.1, 0.15) is 24.1 Å². The molecular weight excluding hydrogens is 335 g/mol. The van der Waals surface area contributed by atoms with Gasteiger partial charge >= 0.3 is 0 Å². The lowest BCUT2D eigenvalue weighted by atomic mass is 10.1. The van der Waals surface area contributed by atoms with Crippen molar-refractivity contribution in [3.63, 3.8) is 0 Å². The van der Waals surface area contributed by atoms with Crippen molar-refractivity contribution in [2.45, 2.75) is 19.4 Å². The van der Waals surface area contributed by atoms with Crippen molar-refractivity contribution in [3.8, 4) is 0 Å². The number of hydrogen-bond donors (Lipinski definition) is 1. The molecule has 0 radical (unpaired) electrons. The van der Waals surface area contributed by atoms with Gasteiger partial charge in [0.15, 0.2) is 0 Å². The van der Waals surface area contributed by atoms with Crippen LogP contribution in [0.5, 0.6) is 0 Å². The van der Waals surface area contributed by atoms with Crippen LogP contribution in [0.15, 0.2) is 48.8 Å². The lowest BCUT2D eigenvalue weighted by Gasteiger charge is -2.14. The van der Waals surface area contributed by atoms with Crippen molar-refractivity contribution in [1.29, 1.82) is 0 Å². The predicted molar refractivity (Wildman–Crippen MR) is 83.5 cm³/mol. The zero-order valence-corrected chi connectivity index (χ0v) is 12.6. The predicted octanol–water partition coefficient (Wildman–Crippen LogP) is 3.58. The minimum atomic E-state index is 0.392. The summed E-state index contributed by atoms with van der Waals surface area (Å²) in [5, 5.41) is 3.54. The van der Waals surface area contributed by atoms with Crippen molar-refractivity contribution in [2.75, 3.05) is 6.54 Å². The molecule has 1 unspecified atom stereocenters. The summed E-state index contributed by atoms with van der Waals surface area (Å²) < 4.78 is 1.28. The van der Waals surface area contributed by atoms with Crippen molar-refractivity contribution in [1.82, 2.24) is 10.3 Å². The molecule has 0 bridgehead atoms. The number of halogens is 1. The minimum absolute atomic E-state index is 0.392. The van der Waals surface area contributed by atoms with Crippen LogP contribution >= 0.6 is 22.6 Å². The van der Waals surface area contributed by atoms with E-state index in [-0.39, 0.29) is 0 Å². The highest BCUT2D eigenvalue weighted by molar-refractivity contribution is 14.1. The molecule has 0 amide bonds. The van der Waals surface area contributed by atoms with E-state index >= 15 is 0 Å². The van der Waals surface area contributed by atoms with E-state index in [9.17, 15) is 0 Å². The maximum Gasteiger partial charge on any atom is 0.0291 e. The van der Waals surface area contributed by atoms with E-state index in [0.29, 0.717) is 6.04 Å². The first-order chi connectivity index (χ1) is 8.75. The van der Waals surface area contributed by atoms with E-state index in [4.69, 9.17) is 0 Å². The fourth-order valence-corrected chi connectivity index (χ4v) is 2.21. The van der Waals surface area contributed by atoms with Gasteiger partial charge in [-0.1, -0.05) is 12.1 Å². The van der Waals surface area contributed by atoms with Crippen molar-refractivity contribution < 1.29 is 0 Å². The third-order valence-electron chi connectivity index (χ3n) is 2.98. The Morgan fingerprint density at radius 2 is 1.78 bits per heavy atom. The number of aromatic nitrogens is 1. The molecule has 3 heteroatoms. The molecule has 2 rings (SSSR count). The number of nitrogens with zero attached hydrogens (tertiary/aromatic N) is 1. The maximum absolute atomic E-state index is 4.02. The molecule has 0 saturated carbocycles. The number of rotatable bonds is 5. The lowest BCUT2D eigenvalue weighted by molar-refractivity contribution is 0.576.